The number of benzene rings is 2. The Balaban J connectivity index is 1.63. The number of carbonyl (C=O) groups excluding carboxylic acids is 1. The molecule has 2 aromatic rings. The predicted octanol–water partition coefficient (Wildman–Crippen LogP) is 4.34. The first-order valence-electron chi connectivity index (χ1n) is 9.94. The Hall–Kier alpha value is -2.14. The van der Waals surface area contributed by atoms with Crippen molar-refractivity contribution in [3.05, 3.63) is 59.7 Å². The lowest BCUT2D eigenvalue weighted by Gasteiger charge is -2.32. The van der Waals surface area contributed by atoms with Crippen LogP contribution in [0.4, 0.5) is 0 Å². The fourth-order valence-electron chi connectivity index (χ4n) is 3.75. The Bertz CT molecular complexity index is 907. The van der Waals surface area contributed by atoms with E-state index in [9.17, 15) is 13.2 Å². The van der Waals surface area contributed by atoms with Crippen LogP contribution in [0.25, 0.3) is 11.1 Å². The van der Waals surface area contributed by atoms with Gasteiger partial charge in [0.15, 0.2) is 9.84 Å². The van der Waals surface area contributed by atoms with Gasteiger partial charge in [0, 0.05) is 18.7 Å². The molecule has 1 saturated heterocycles. The molecule has 0 bridgehead atoms. The van der Waals surface area contributed by atoms with Crippen molar-refractivity contribution in [2.75, 3.05) is 18.8 Å². The molecule has 1 aliphatic rings. The molecule has 1 amide bonds. The van der Waals surface area contributed by atoms with E-state index in [0.29, 0.717) is 31.5 Å². The van der Waals surface area contributed by atoms with Crippen LogP contribution in [-0.4, -0.2) is 43.3 Å². The highest BCUT2D eigenvalue weighted by Crippen LogP contribution is 2.24. The van der Waals surface area contributed by atoms with Crippen LogP contribution in [-0.2, 0) is 9.84 Å². The molecule has 0 spiro atoms. The van der Waals surface area contributed by atoms with Crippen LogP contribution in [0.15, 0.2) is 48.5 Å². The van der Waals surface area contributed by atoms with Gasteiger partial charge in [-0.1, -0.05) is 55.8 Å². The molecule has 0 aliphatic carbocycles. The summed E-state index contributed by atoms with van der Waals surface area (Å²) < 4.78 is 24.9. The maximum absolute atomic E-state index is 12.8. The second-order valence-corrected chi connectivity index (χ2v) is 10.5. The van der Waals surface area contributed by atoms with Gasteiger partial charge < -0.3 is 4.90 Å². The Morgan fingerprint density at radius 1 is 0.964 bits per heavy atom. The molecule has 0 N–H and O–H groups in total. The molecule has 0 saturated carbocycles. The van der Waals surface area contributed by atoms with Crippen molar-refractivity contribution in [2.24, 2.45) is 5.92 Å². The lowest BCUT2D eigenvalue weighted by Crippen LogP contribution is -2.43. The quantitative estimate of drug-likeness (QED) is 0.752. The third kappa shape index (κ3) is 4.82. The van der Waals surface area contributed by atoms with Crippen LogP contribution in [0, 0.1) is 12.8 Å². The number of hydrogen-bond donors (Lipinski definition) is 0. The van der Waals surface area contributed by atoms with Crippen LogP contribution >= 0.6 is 0 Å². The number of hydrogen-bond acceptors (Lipinski definition) is 3. The van der Waals surface area contributed by atoms with Crippen molar-refractivity contribution in [1.29, 1.82) is 0 Å². The highest BCUT2D eigenvalue weighted by molar-refractivity contribution is 7.92. The maximum atomic E-state index is 12.8. The van der Waals surface area contributed by atoms with Gasteiger partial charge in [-0.05, 0) is 48.9 Å². The molecule has 0 aromatic heterocycles. The van der Waals surface area contributed by atoms with Crippen molar-refractivity contribution < 1.29 is 13.2 Å². The van der Waals surface area contributed by atoms with Gasteiger partial charge in [-0.2, -0.15) is 0 Å². The van der Waals surface area contributed by atoms with Gasteiger partial charge in [0.25, 0.3) is 5.91 Å². The molecular formula is C23H29NO3S. The van der Waals surface area contributed by atoms with Crippen molar-refractivity contribution in [2.45, 2.75) is 38.9 Å². The lowest BCUT2D eigenvalue weighted by atomic mass is 10.0. The van der Waals surface area contributed by atoms with Crippen LogP contribution in [0.3, 0.4) is 0 Å². The van der Waals surface area contributed by atoms with Gasteiger partial charge in [0.2, 0.25) is 0 Å². The molecule has 1 fully saturated rings. The molecule has 28 heavy (non-hydrogen) atoms. The molecule has 2 aromatic carbocycles. The highest BCUT2D eigenvalue weighted by atomic mass is 32.2. The summed E-state index contributed by atoms with van der Waals surface area (Å²) in [7, 11) is -3.07. The van der Waals surface area contributed by atoms with E-state index in [1.807, 2.05) is 38.1 Å². The molecule has 4 nitrogen and oxygen atoms in total. The van der Waals surface area contributed by atoms with E-state index < -0.39 is 9.84 Å². The summed E-state index contributed by atoms with van der Waals surface area (Å²) in [4.78, 5) is 14.6. The van der Waals surface area contributed by atoms with Gasteiger partial charge in [-0.15, -0.1) is 0 Å². The van der Waals surface area contributed by atoms with Gasteiger partial charge >= 0.3 is 0 Å². The fraction of sp³-hybridized carbons (Fsp3) is 0.435. The zero-order valence-electron chi connectivity index (χ0n) is 16.9. The summed E-state index contributed by atoms with van der Waals surface area (Å²) in [6.07, 6.45) is 1.06. The van der Waals surface area contributed by atoms with Crippen LogP contribution in [0.1, 0.15) is 42.6 Å². The van der Waals surface area contributed by atoms with Crippen molar-refractivity contribution in [1.82, 2.24) is 4.90 Å². The second-order valence-electron chi connectivity index (χ2n) is 8.16. The Kier molecular flexibility index (Phi) is 6.23. The number of aryl methyl sites for hydroxylation is 1. The monoisotopic (exact) mass is 399 g/mol. The smallest absolute Gasteiger partial charge is 0.253 e. The normalized spacial score (nSPS) is 15.8. The van der Waals surface area contributed by atoms with E-state index in [4.69, 9.17) is 0 Å². The molecule has 150 valence electrons. The topological polar surface area (TPSA) is 54.5 Å². The number of piperidine rings is 1. The van der Waals surface area contributed by atoms with E-state index >= 15 is 0 Å². The number of rotatable bonds is 5. The van der Waals surface area contributed by atoms with Crippen LogP contribution < -0.4 is 0 Å². The van der Waals surface area contributed by atoms with E-state index in [0.717, 1.165) is 11.1 Å². The van der Waals surface area contributed by atoms with Crippen LogP contribution in [0.5, 0.6) is 0 Å². The third-order valence-electron chi connectivity index (χ3n) is 5.32. The van der Waals surface area contributed by atoms with E-state index in [1.54, 1.807) is 4.90 Å². The number of sulfone groups is 1. The average molecular weight is 400 g/mol. The molecule has 0 radical (unpaired) electrons. The zero-order chi connectivity index (χ0) is 20.3. The first-order valence-corrected chi connectivity index (χ1v) is 11.7. The minimum absolute atomic E-state index is 0.0184. The molecule has 1 aliphatic heterocycles. The average Bonchev–Trinajstić information content (AvgIpc) is 2.67. The molecule has 0 unspecified atom stereocenters. The van der Waals surface area contributed by atoms with E-state index in [1.165, 1.54) is 5.56 Å². The van der Waals surface area contributed by atoms with Crippen molar-refractivity contribution in [3.63, 3.8) is 0 Å². The van der Waals surface area contributed by atoms with Crippen molar-refractivity contribution in [3.8, 4) is 11.1 Å². The summed E-state index contributed by atoms with van der Waals surface area (Å²) >= 11 is 0. The van der Waals surface area contributed by atoms with Gasteiger partial charge in [0.1, 0.15) is 0 Å². The summed E-state index contributed by atoms with van der Waals surface area (Å²) in [5.41, 5.74) is 4.07. The first-order chi connectivity index (χ1) is 13.3. The number of carbonyl (C=O) groups is 1. The minimum atomic E-state index is -3.07. The Morgan fingerprint density at radius 3 is 1.96 bits per heavy atom. The van der Waals surface area contributed by atoms with Crippen molar-refractivity contribution >= 4 is 15.7 Å². The summed E-state index contributed by atoms with van der Waals surface area (Å²) in [5, 5.41) is -0.317. The number of nitrogens with zero attached hydrogens (tertiary/aromatic N) is 1. The van der Waals surface area contributed by atoms with Gasteiger partial charge in [-0.25, -0.2) is 8.42 Å². The largest absolute Gasteiger partial charge is 0.339 e. The van der Waals surface area contributed by atoms with Gasteiger partial charge in [0.05, 0.1) is 11.0 Å². The summed E-state index contributed by atoms with van der Waals surface area (Å²) in [6, 6.07) is 16.0. The fourth-order valence-corrected chi connectivity index (χ4v) is 5.88. The zero-order valence-corrected chi connectivity index (χ0v) is 17.7. The Morgan fingerprint density at radius 2 is 1.46 bits per heavy atom. The maximum Gasteiger partial charge on any atom is 0.253 e. The summed E-state index contributed by atoms with van der Waals surface area (Å²) in [5.74, 6) is 0.346. The number of amides is 1. The van der Waals surface area contributed by atoms with Crippen LogP contribution in [0.2, 0.25) is 0 Å². The molecule has 5 heteroatoms. The lowest BCUT2D eigenvalue weighted by molar-refractivity contribution is 0.0725. The van der Waals surface area contributed by atoms with Gasteiger partial charge in [-0.3, -0.25) is 4.79 Å². The third-order valence-corrected chi connectivity index (χ3v) is 7.94. The Labute approximate surface area is 168 Å². The SMILES string of the molecule is Cc1ccc(-c2ccc(C(=O)N3CCC(S(=O)(=O)CC(C)C)CC3)cc2)cc1. The molecule has 1 heterocycles. The first kappa shape index (κ1) is 20.6. The molecule has 0 atom stereocenters. The second kappa shape index (κ2) is 8.48. The van der Waals surface area contributed by atoms with E-state index in [2.05, 4.69) is 31.2 Å². The highest BCUT2D eigenvalue weighted by Gasteiger charge is 2.32. The molecule has 3 rings (SSSR count). The minimum Gasteiger partial charge on any atom is -0.339 e. The number of likely N-dealkylation sites (tertiary alicyclic amines) is 1. The molecular weight excluding hydrogens is 370 g/mol. The summed E-state index contributed by atoms with van der Waals surface area (Å²) in [6.45, 7) is 6.91. The van der Waals surface area contributed by atoms with E-state index in [-0.39, 0.29) is 22.8 Å². The standard InChI is InChI=1S/C23H29NO3S/c1-17(2)16-28(26,27)22-12-14-24(15-13-22)23(25)21-10-8-20(9-11-21)19-6-4-18(3)5-7-19/h4-11,17,22H,12-16H2,1-3H3. The predicted molar refractivity (Wildman–Crippen MR) is 114 cm³/mol.